The summed E-state index contributed by atoms with van der Waals surface area (Å²) in [5.74, 6) is 2.21. The summed E-state index contributed by atoms with van der Waals surface area (Å²) in [7, 11) is 0. The number of imidazole rings is 1. The average Bonchev–Trinajstić information content (AvgIpc) is 3.20. The quantitative estimate of drug-likeness (QED) is 0.345. The van der Waals surface area contributed by atoms with Crippen LogP contribution in [0.25, 0.3) is 11.0 Å². The molecule has 0 radical (unpaired) electrons. The molecule has 1 heterocycles. The van der Waals surface area contributed by atoms with Gasteiger partial charge in [0.25, 0.3) is 5.91 Å². The van der Waals surface area contributed by atoms with E-state index in [-0.39, 0.29) is 18.6 Å². The zero-order chi connectivity index (χ0) is 24.9. The maximum atomic E-state index is 12.7. The summed E-state index contributed by atoms with van der Waals surface area (Å²) in [5.41, 5.74) is 6.27. The second kappa shape index (κ2) is 10.6. The minimum absolute atomic E-state index is 0.0510. The normalized spacial score (nSPS) is 11.9. The molecular weight excluding hydrogens is 438 g/mol. The Kier molecular flexibility index (Phi) is 7.39. The SMILES string of the molecule is Cc1ccc(C)c(OCCn2c(C(C)NC(=O)COc3cc(C)ccc3C)nc3ccccc32)c1. The van der Waals surface area contributed by atoms with E-state index < -0.39 is 0 Å². The molecule has 4 rings (SSSR count). The summed E-state index contributed by atoms with van der Waals surface area (Å²) >= 11 is 0. The fourth-order valence-electron chi connectivity index (χ4n) is 4.12. The molecule has 0 aliphatic rings. The minimum Gasteiger partial charge on any atom is -0.491 e. The van der Waals surface area contributed by atoms with Crippen molar-refractivity contribution in [2.24, 2.45) is 0 Å². The monoisotopic (exact) mass is 471 g/mol. The number of rotatable bonds is 9. The van der Waals surface area contributed by atoms with Gasteiger partial charge in [-0.1, -0.05) is 36.4 Å². The molecule has 4 aromatic rings. The van der Waals surface area contributed by atoms with Crippen LogP contribution in [0.15, 0.2) is 60.7 Å². The van der Waals surface area contributed by atoms with Crippen LogP contribution in [-0.4, -0.2) is 28.7 Å². The highest BCUT2D eigenvalue weighted by Gasteiger charge is 2.19. The number of hydrogen-bond acceptors (Lipinski definition) is 4. The van der Waals surface area contributed by atoms with E-state index >= 15 is 0 Å². The van der Waals surface area contributed by atoms with Crippen molar-refractivity contribution in [3.63, 3.8) is 0 Å². The van der Waals surface area contributed by atoms with Gasteiger partial charge in [0.05, 0.1) is 23.6 Å². The predicted molar refractivity (Wildman–Crippen MR) is 139 cm³/mol. The van der Waals surface area contributed by atoms with E-state index in [4.69, 9.17) is 14.5 Å². The van der Waals surface area contributed by atoms with Crippen molar-refractivity contribution >= 4 is 16.9 Å². The highest BCUT2D eigenvalue weighted by atomic mass is 16.5. The van der Waals surface area contributed by atoms with E-state index in [1.165, 1.54) is 5.56 Å². The van der Waals surface area contributed by atoms with Crippen LogP contribution in [-0.2, 0) is 11.3 Å². The molecule has 182 valence electrons. The first kappa shape index (κ1) is 24.3. The van der Waals surface area contributed by atoms with E-state index in [1.807, 2.05) is 70.2 Å². The van der Waals surface area contributed by atoms with Gasteiger partial charge in [0.1, 0.15) is 23.9 Å². The van der Waals surface area contributed by atoms with E-state index in [9.17, 15) is 4.79 Å². The Labute approximate surface area is 206 Å². The molecule has 0 saturated carbocycles. The van der Waals surface area contributed by atoms with Gasteiger partial charge in [-0.25, -0.2) is 4.98 Å². The first-order chi connectivity index (χ1) is 16.8. The lowest BCUT2D eigenvalue weighted by Crippen LogP contribution is -2.33. The van der Waals surface area contributed by atoms with Crippen molar-refractivity contribution in [3.8, 4) is 11.5 Å². The number of para-hydroxylation sites is 2. The van der Waals surface area contributed by atoms with Gasteiger partial charge in [0.15, 0.2) is 6.61 Å². The van der Waals surface area contributed by atoms with Crippen molar-refractivity contribution in [3.05, 3.63) is 88.7 Å². The number of amides is 1. The number of ether oxygens (including phenoxy) is 2. The molecule has 0 saturated heterocycles. The number of hydrogen-bond donors (Lipinski definition) is 1. The number of aromatic nitrogens is 2. The molecule has 1 aromatic heterocycles. The first-order valence-corrected chi connectivity index (χ1v) is 12.0. The van der Waals surface area contributed by atoms with Gasteiger partial charge in [-0.3, -0.25) is 4.79 Å². The van der Waals surface area contributed by atoms with Crippen molar-refractivity contribution in [2.75, 3.05) is 13.2 Å². The third-order valence-corrected chi connectivity index (χ3v) is 6.07. The highest BCUT2D eigenvalue weighted by molar-refractivity contribution is 5.79. The van der Waals surface area contributed by atoms with Gasteiger partial charge < -0.3 is 19.4 Å². The van der Waals surface area contributed by atoms with E-state index in [1.54, 1.807) is 0 Å². The van der Waals surface area contributed by atoms with Crippen LogP contribution in [0.2, 0.25) is 0 Å². The number of fused-ring (bicyclic) bond motifs is 1. The third-order valence-electron chi connectivity index (χ3n) is 6.07. The Morgan fingerprint density at radius 2 is 1.54 bits per heavy atom. The van der Waals surface area contributed by atoms with Crippen molar-refractivity contribution in [2.45, 2.75) is 47.2 Å². The van der Waals surface area contributed by atoms with Gasteiger partial charge in [0.2, 0.25) is 0 Å². The Morgan fingerprint density at radius 1 is 0.914 bits per heavy atom. The van der Waals surface area contributed by atoms with Crippen LogP contribution >= 0.6 is 0 Å². The van der Waals surface area contributed by atoms with Crippen LogP contribution in [0.3, 0.4) is 0 Å². The molecule has 0 aliphatic carbocycles. The molecule has 1 amide bonds. The summed E-state index contributed by atoms with van der Waals surface area (Å²) in [4.78, 5) is 17.5. The van der Waals surface area contributed by atoms with E-state index in [2.05, 4.69) is 35.0 Å². The predicted octanol–water partition coefficient (Wildman–Crippen LogP) is 5.61. The zero-order valence-corrected chi connectivity index (χ0v) is 21.1. The minimum atomic E-state index is -0.294. The van der Waals surface area contributed by atoms with Gasteiger partial charge >= 0.3 is 0 Å². The second-order valence-electron chi connectivity index (χ2n) is 9.07. The van der Waals surface area contributed by atoms with Crippen molar-refractivity contribution in [1.82, 2.24) is 14.9 Å². The van der Waals surface area contributed by atoms with Gasteiger partial charge in [0, 0.05) is 0 Å². The topological polar surface area (TPSA) is 65.4 Å². The lowest BCUT2D eigenvalue weighted by atomic mass is 10.1. The second-order valence-corrected chi connectivity index (χ2v) is 9.07. The summed E-state index contributed by atoms with van der Waals surface area (Å²) in [5, 5.41) is 3.04. The highest BCUT2D eigenvalue weighted by Crippen LogP contribution is 2.23. The molecule has 3 aromatic carbocycles. The number of nitrogens with one attached hydrogen (secondary N) is 1. The standard InChI is InChI=1S/C29H33N3O3/c1-19-10-12-21(3)26(16-19)34-15-14-32-25-9-7-6-8-24(25)31-29(32)23(5)30-28(33)18-35-27-17-20(2)11-13-22(27)4/h6-13,16-17,23H,14-15,18H2,1-5H3,(H,30,33). The third kappa shape index (κ3) is 5.83. The molecule has 6 nitrogen and oxygen atoms in total. The molecule has 35 heavy (non-hydrogen) atoms. The molecule has 0 bridgehead atoms. The van der Waals surface area contributed by atoms with Crippen molar-refractivity contribution < 1.29 is 14.3 Å². The summed E-state index contributed by atoms with van der Waals surface area (Å²) in [6.07, 6.45) is 0. The average molecular weight is 472 g/mol. The van der Waals surface area contributed by atoms with Crippen LogP contribution < -0.4 is 14.8 Å². The Bertz CT molecular complexity index is 1340. The molecular formula is C29H33N3O3. The van der Waals surface area contributed by atoms with Gasteiger partial charge in [-0.15, -0.1) is 0 Å². The van der Waals surface area contributed by atoms with E-state index in [0.29, 0.717) is 13.2 Å². The number of nitrogens with zero attached hydrogens (tertiary/aromatic N) is 2. The molecule has 1 atom stereocenters. The molecule has 0 aliphatic heterocycles. The van der Waals surface area contributed by atoms with E-state index in [0.717, 1.165) is 45.0 Å². The number of carbonyl (C=O) groups is 1. The molecule has 0 fully saturated rings. The summed E-state index contributed by atoms with van der Waals surface area (Å²) in [6.45, 7) is 11.1. The lowest BCUT2D eigenvalue weighted by molar-refractivity contribution is -0.123. The van der Waals surface area contributed by atoms with Gasteiger partial charge in [-0.05, 0) is 81.1 Å². The van der Waals surface area contributed by atoms with Gasteiger partial charge in [-0.2, -0.15) is 0 Å². The number of benzene rings is 3. The number of aryl methyl sites for hydroxylation is 4. The molecule has 1 unspecified atom stereocenters. The van der Waals surface area contributed by atoms with Crippen LogP contribution in [0.5, 0.6) is 11.5 Å². The van der Waals surface area contributed by atoms with Crippen LogP contribution in [0.1, 0.15) is 41.0 Å². The van der Waals surface area contributed by atoms with Crippen molar-refractivity contribution in [1.29, 1.82) is 0 Å². The molecule has 0 spiro atoms. The maximum Gasteiger partial charge on any atom is 0.258 e. The Morgan fingerprint density at radius 3 is 2.23 bits per heavy atom. The van der Waals surface area contributed by atoms with Crippen LogP contribution in [0, 0.1) is 27.7 Å². The van der Waals surface area contributed by atoms with Crippen LogP contribution in [0.4, 0.5) is 0 Å². The zero-order valence-electron chi connectivity index (χ0n) is 21.1. The summed E-state index contributed by atoms with van der Waals surface area (Å²) < 4.78 is 14.0. The Hall–Kier alpha value is -3.80. The lowest BCUT2D eigenvalue weighted by Gasteiger charge is -2.18. The number of carbonyl (C=O) groups excluding carboxylic acids is 1. The Balaban J connectivity index is 1.45. The summed E-state index contributed by atoms with van der Waals surface area (Å²) in [6, 6.07) is 19.9. The molecule has 1 N–H and O–H groups in total. The maximum absolute atomic E-state index is 12.7. The fraction of sp³-hybridized carbons (Fsp3) is 0.310. The smallest absolute Gasteiger partial charge is 0.258 e. The fourth-order valence-corrected chi connectivity index (χ4v) is 4.12. The first-order valence-electron chi connectivity index (χ1n) is 12.0. The largest absolute Gasteiger partial charge is 0.491 e. The molecule has 6 heteroatoms.